The van der Waals surface area contributed by atoms with Gasteiger partial charge in [-0.05, 0) is 17.7 Å². The van der Waals surface area contributed by atoms with Crippen LogP contribution in [0.15, 0.2) is 41.8 Å². The lowest BCUT2D eigenvalue weighted by molar-refractivity contribution is -0.384. The van der Waals surface area contributed by atoms with E-state index in [-0.39, 0.29) is 5.69 Å². The fourth-order valence-corrected chi connectivity index (χ4v) is 3.42. The standard InChI is InChI=1S/C14H11ClN4O2S/c1-18-8-17-12-4-5-16-14(13(12)18)22-7-9-6-10(19(20)21)2-3-11(9)15/h2-6,8H,7H2,1H3. The van der Waals surface area contributed by atoms with Crippen LogP contribution in [0.1, 0.15) is 5.56 Å². The number of rotatable bonds is 4. The number of nitro groups is 1. The number of aromatic nitrogens is 3. The minimum Gasteiger partial charge on any atom is -0.332 e. The Balaban J connectivity index is 1.90. The van der Waals surface area contributed by atoms with Crippen molar-refractivity contribution in [1.82, 2.24) is 14.5 Å². The topological polar surface area (TPSA) is 73.8 Å². The van der Waals surface area contributed by atoms with Crippen LogP contribution in [0.5, 0.6) is 0 Å². The lowest BCUT2D eigenvalue weighted by atomic mass is 10.2. The number of nitrogens with zero attached hydrogens (tertiary/aromatic N) is 4. The van der Waals surface area contributed by atoms with Crippen molar-refractivity contribution in [1.29, 1.82) is 0 Å². The molecule has 2 heterocycles. The molecule has 0 saturated heterocycles. The largest absolute Gasteiger partial charge is 0.332 e. The predicted octanol–water partition coefficient (Wildman–Crippen LogP) is 3.82. The van der Waals surface area contributed by atoms with Crippen molar-refractivity contribution < 1.29 is 4.92 Å². The lowest BCUT2D eigenvalue weighted by Gasteiger charge is -2.06. The van der Waals surface area contributed by atoms with Crippen LogP contribution in [0.2, 0.25) is 5.02 Å². The maximum absolute atomic E-state index is 10.9. The lowest BCUT2D eigenvalue weighted by Crippen LogP contribution is -1.93. The number of non-ortho nitro benzene ring substituents is 1. The Morgan fingerprint density at radius 3 is 2.95 bits per heavy atom. The third kappa shape index (κ3) is 2.77. The van der Waals surface area contributed by atoms with Crippen molar-refractivity contribution in [3.63, 3.8) is 0 Å². The molecule has 0 aliphatic carbocycles. The third-order valence-corrected chi connectivity index (χ3v) is 4.59. The number of thioether (sulfide) groups is 1. The molecule has 0 fully saturated rings. The van der Waals surface area contributed by atoms with E-state index in [1.54, 1.807) is 18.6 Å². The highest BCUT2D eigenvalue weighted by Crippen LogP contribution is 2.31. The van der Waals surface area contributed by atoms with Gasteiger partial charge in [0.1, 0.15) is 10.5 Å². The molecule has 3 aromatic rings. The van der Waals surface area contributed by atoms with Crippen molar-refractivity contribution in [2.75, 3.05) is 0 Å². The average Bonchev–Trinajstić information content (AvgIpc) is 2.88. The Bertz CT molecular complexity index is 865. The summed E-state index contributed by atoms with van der Waals surface area (Å²) in [4.78, 5) is 19.1. The molecule has 6 nitrogen and oxygen atoms in total. The van der Waals surface area contributed by atoms with Gasteiger partial charge in [0.2, 0.25) is 0 Å². The first-order valence-electron chi connectivity index (χ1n) is 6.38. The first kappa shape index (κ1) is 14.8. The molecule has 1 aromatic carbocycles. The Morgan fingerprint density at radius 1 is 1.36 bits per heavy atom. The van der Waals surface area contributed by atoms with Crippen LogP contribution in [0, 0.1) is 10.1 Å². The number of hydrogen-bond acceptors (Lipinski definition) is 5. The van der Waals surface area contributed by atoms with Crippen LogP contribution < -0.4 is 0 Å². The summed E-state index contributed by atoms with van der Waals surface area (Å²) >= 11 is 7.60. The zero-order chi connectivity index (χ0) is 15.7. The molecule has 0 aliphatic rings. The zero-order valence-electron chi connectivity index (χ0n) is 11.6. The van der Waals surface area contributed by atoms with Gasteiger partial charge in [-0.1, -0.05) is 23.4 Å². The summed E-state index contributed by atoms with van der Waals surface area (Å²) < 4.78 is 1.90. The van der Waals surface area contributed by atoms with Crippen LogP contribution >= 0.6 is 23.4 Å². The quantitative estimate of drug-likeness (QED) is 0.412. The van der Waals surface area contributed by atoms with Crippen LogP contribution in [0.4, 0.5) is 5.69 Å². The van der Waals surface area contributed by atoms with E-state index >= 15 is 0 Å². The molecule has 0 unspecified atom stereocenters. The summed E-state index contributed by atoms with van der Waals surface area (Å²) in [5, 5.41) is 12.2. The fourth-order valence-electron chi connectivity index (χ4n) is 2.10. The molecule has 112 valence electrons. The monoisotopic (exact) mass is 334 g/mol. The SMILES string of the molecule is Cn1cnc2ccnc(SCc3cc([N+](=O)[O-])ccc3Cl)c21. The van der Waals surface area contributed by atoms with Crippen molar-refractivity contribution in [3.8, 4) is 0 Å². The van der Waals surface area contributed by atoms with Gasteiger partial charge in [-0.2, -0.15) is 0 Å². The van der Waals surface area contributed by atoms with E-state index < -0.39 is 4.92 Å². The second kappa shape index (κ2) is 5.94. The molecule has 2 aromatic heterocycles. The van der Waals surface area contributed by atoms with E-state index in [0.29, 0.717) is 16.3 Å². The van der Waals surface area contributed by atoms with Crippen molar-refractivity contribution >= 4 is 40.1 Å². The van der Waals surface area contributed by atoms with Gasteiger partial charge in [-0.15, -0.1) is 0 Å². The highest BCUT2D eigenvalue weighted by molar-refractivity contribution is 7.98. The van der Waals surface area contributed by atoms with Gasteiger partial charge in [0.05, 0.1) is 16.8 Å². The number of hydrogen-bond donors (Lipinski definition) is 0. The Morgan fingerprint density at radius 2 is 2.18 bits per heavy atom. The van der Waals surface area contributed by atoms with E-state index in [1.807, 2.05) is 17.7 Å². The number of pyridine rings is 1. The normalized spacial score (nSPS) is 11.0. The molecule has 0 saturated carbocycles. The average molecular weight is 335 g/mol. The highest BCUT2D eigenvalue weighted by Gasteiger charge is 2.12. The molecule has 22 heavy (non-hydrogen) atoms. The van der Waals surface area contributed by atoms with Gasteiger partial charge in [-0.25, -0.2) is 9.97 Å². The number of halogens is 1. The Hall–Kier alpha value is -2.12. The molecule has 8 heteroatoms. The fraction of sp³-hybridized carbons (Fsp3) is 0.143. The van der Waals surface area contributed by atoms with Gasteiger partial charge < -0.3 is 4.57 Å². The predicted molar refractivity (Wildman–Crippen MR) is 86.2 cm³/mol. The molecular weight excluding hydrogens is 324 g/mol. The number of nitro benzene ring substituents is 1. The number of aryl methyl sites for hydroxylation is 1. The van der Waals surface area contributed by atoms with Crippen LogP contribution in [-0.4, -0.2) is 19.5 Å². The van der Waals surface area contributed by atoms with Crippen molar-refractivity contribution in [2.24, 2.45) is 7.05 Å². The minimum atomic E-state index is -0.426. The summed E-state index contributed by atoms with van der Waals surface area (Å²) in [7, 11) is 1.90. The van der Waals surface area contributed by atoms with E-state index in [9.17, 15) is 10.1 Å². The van der Waals surface area contributed by atoms with E-state index in [4.69, 9.17) is 11.6 Å². The summed E-state index contributed by atoms with van der Waals surface area (Å²) in [6.07, 6.45) is 3.43. The van der Waals surface area contributed by atoms with Gasteiger partial charge >= 0.3 is 0 Å². The van der Waals surface area contributed by atoms with Crippen LogP contribution in [0.3, 0.4) is 0 Å². The Labute approximate surface area is 135 Å². The molecule has 0 aliphatic heterocycles. The summed E-state index contributed by atoms with van der Waals surface area (Å²) in [6, 6.07) is 6.29. The smallest absolute Gasteiger partial charge is 0.269 e. The van der Waals surface area contributed by atoms with Crippen LogP contribution in [-0.2, 0) is 12.8 Å². The molecule has 0 N–H and O–H groups in total. The van der Waals surface area contributed by atoms with Gasteiger partial charge in [0, 0.05) is 36.2 Å². The summed E-state index contributed by atoms with van der Waals surface area (Å²) in [6.45, 7) is 0. The minimum absolute atomic E-state index is 0.0340. The van der Waals surface area contributed by atoms with Crippen LogP contribution in [0.25, 0.3) is 11.0 Å². The van der Waals surface area contributed by atoms with Gasteiger partial charge in [0.15, 0.2) is 0 Å². The van der Waals surface area contributed by atoms with Gasteiger partial charge in [-0.3, -0.25) is 10.1 Å². The van der Waals surface area contributed by atoms with E-state index in [1.165, 1.54) is 23.9 Å². The zero-order valence-corrected chi connectivity index (χ0v) is 13.1. The molecule has 0 amide bonds. The molecule has 0 atom stereocenters. The molecule has 0 bridgehead atoms. The second-order valence-electron chi connectivity index (χ2n) is 4.66. The maximum Gasteiger partial charge on any atom is 0.269 e. The van der Waals surface area contributed by atoms with Crippen molar-refractivity contribution in [2.45, 2.75) is 10.8 Å². The highest BCUT2D eigenvalue weighted by atomic mass is 35.5. The van der Waals surface area contributed by atoms with Gasteiger partial charge in [0.25, 0.3) is 5.69 Å². The van der Waals surface area contributed by atoms with E-state index in [2.05, 4.69) is 9.97 Å². The number of imidazole rings is 1. The molecular formula is C14H11ClN4O2S. The summed E-state index contributed by atoms with van der Waals surface area (Å²) in [5.74, 6) is 0.498. The first-order valence-corrected chi connectivity index (χ1v) is 7.74. The maximum atomic E-state index is 10.9. The third-order valence-electron chi connectivity index (χ3n) is 3.20. The summed E-state index contributed by atoms with van der Waals surface area (Å²) in [5.41, 5.74) is 2.55. The molecule has 3 rings (SSSR count). The number of benzene rings is 1. The van der Waals surface area contributed by atoms with E-state index in [0.717, 1.165) is 16.1 Å². The first-order chi connectivity index (χ1) is 10.6. The second-order valence-corrected chi connectivity index (χ2v) is 6.03. The Kier molecular flexibility index (Phi) is 4.00. The number of fused-ring (bicyclic) bond motifs is 1. The molecule has 0 radical (unpaired) electrons. The van der Waals surface area contributed by atoms with Crippen molar-refractivity contribution in [3.05, 3.63) is 57.5 Å². The molecule has 0 spiro atoms.